The van der Waals surface area contributed by atoms with Crippen LogP contribution < -0.4 is 5.32 Å². The summed E-state index contributed by atoms with van der Waals surface area (Å²) in [5, 5.41) is 11.7. The maximum absolute atomic E-state index is 10.7. The lowest BCUT2D eigenvalue weighted by Gasteiger charge is -2.10. The Balaban J connectivity index is 2.28. The van der Waals surface area contributed by atoms with Crippen LogP contribution in [0, 0.1) is 6.92 Å². The van der Waals surface area contributed by atoms with Crippen LogP contribution in [0.25, 0.3) is 11.0 Å². The molecule has 1 aromatic heterocycles. The molecule has 0 radical (unpaired) electrons. The van der Waals surface area contributed by atoms with Crippen LogP contribution in [0.1, 0.15) is 12.7 Å². The second kappa shape index (κ2) is 3.84. The molecule has 1 heterocycles. The van der Waals surface area contributed by atoms with Crippen LogP contribution in [0.4, 0.5) is 5.69 Å². The van der Waals surface area contributed by atoms with Gasteiger partial charge in [0.05, 0.1) is 11.0 Å². The number of nitrogens with zero attached hydrogens (tertiary/aromatic N) is 1. The molecule has 5 heteroatoms. The molecule has 3 N–H and O–H groups in total. The third-order valence-electron chi connectivity index (χ3n) is 2.35. The van der Waals surface area contributed by atoms with E-state index in [1.54, 1.807) is 6.92 Å². The van der Waals surface area contributed by atoms with Gasteiger partial charge in [0.2, 0.25) is 0 Å². The summed E-state index contributed by atoms with van der Waals surface area (Å²) in [6.07, 6.45) is 0. The van der Waals surface area contributed by atoms with E-state index in [0.29, 0.717) is 0 Å². The largest absolute Gasteiger partial charge is 0.480 e. The van der Waals surface area contributed by atoms with E-state index in [-0.39, 0.29) is 0 Å². The fourth-order valence-corrected chi connectivity index (χ4v) is 1.54. The summed E-state index contributed by atoms with van der Waals surface area (Å²) in [6.45, 7) is 3.48. The van der Waals surface area contributed by atoms with Crippen LogP contribution >= 0.6 is 0 Å². The van der Waals surface area contributed by atoms with Gasteiger partial charge in [-0.1, -0.05) is 0 Å². The Labute approximate surface area is 92.5 Å². The molecule has 1 atom stereocenters. The van der Waals surface area contributed by atoms with Crippen molar-refractivity contribution < 1.29 is 9.90 Å². The highest BCUT2D eigenvalue weighted by Gasteiger charge is 2.10. The minimum absolute atomic E-state index is 0.610. The molecule has 0 bridgehead atoms. The zero-order valence-corrected chi connectivity index (χ0v) is 9.11. The van der Waals surface area contributed by atoms with Crippen LogP contribution in [0.15, 0.2) is 18.2 Å². The number of aliphatic carboxylic acids is 1. The molecule has 0 fully saturated rings. The number of carboxylic acid groups (broad SMARTS) is 1. The van der Waals surface area contributed by atoms with Gasteiger partial charge in [-0.05, 0) is 32.0 Å². The number of fused-ring (bicyclic) bond motifs is 1. The molecule has 0 spiro atoms. The first-order chi connectivity index (χ1) is 7.56. The maximum atomic E-state index is 10.7. The molecule has 84 valence electrons. The number of carboxylic acids is 1. The number of aromatic amines is 1. The summed E-state index contributed by atoms with van der Waals surface area (Å²) in [5.41, 5.74) is 2.55. The Bertz CT molecular complexity index is 533. The minimum atomic E-state index is -0.874. The molecular formula is C11H13N3O2. The summed E-state index contributed by atoms with van der Waals surface area (Å²) in [6, 6.07) is 4.92. The molecule has 0 amide bonds. The fourth-order valence-electron chi connectivity index (χ4n) is 1.54. The number of imidazole rings is 1. The Morgan fingerprint density at radius 1 is 1.56 bits per heavy atom. The van der Waals surface area contributed by atoms with Crippen molar-refractivity contribution in [1.82, 2.24) is 9.97 Å². The van der Waals surface area contributed by atoms with Crippen molar-refractivity contribution in [3.63, 3.8) is 0 Å². The molecule has 0 saturated carbocycles. The predicted molar refractivity (Wildman–Crippen MR) is 61.6 cm³/mol. The Morgan fingerprint density at radius 2 is 2.31 bits per heavy atom. The molecular weight excluding hydrogens is 206 g/mol. The topological polar surface area (TPSA) is 78.0 Å². The molecule has 5 nitrogen and oxygen atoms in total. The second-order valence-electron chi connectivity index (χ2n) is 3.76. The minimum Gasteiger partial charge on any atom is -0.480 e. The highest BCUT2D eigenvalue weighted by Crippen LogP contribution is 2.17. The molecule has 0 aliphatic carbocycles. The van der Waals surface area contributed by atoms with Gasteiger partial charge in [-0.15, -0.1) is 0 Å². The third kappa shape index (κ3) is 1.98. The van der Waals surface area contributed by atoms with Crippen molar-refractivity contribution >= 4 is 22.7 Å². The number of aryl methyl sites for hydroxylation is 1. The molecule has 0 aliphatic rings. The molecule has 2 aromatic rings. The van der Waals surface area contributed by atoms with Crippen molar-refractivity contribution in [2.24, 2.45) is 0 Å². The molecule has 16 heavy (non-hydrogen) atoms. The Morgan fingerprint density at radius 3 is 3.00 bits per heavy atom. The highest BCUT2D eigenvalue weighted by molar-refractivity contribution is 5.82. The van der Waals surface area contributed by atoms with Crippen molar-refractivity contribution in [3.8, 4) is 0 Å². The summed E-state index contributed by atoms with van der Waals surface area (Å²) < 4.78 is 0. The van der Waals surface area contributed by atoms with Crippen molar-refractivity contribution in [1.29, 1.82) is 0 Å². The van der Waals surface area contributed by atoms with Crippen LogP contribution in [0.5, 0.6) is 0 Å². The summed E-state index contributed by atoms with van der Waals surface area (Å²) >= 11 is 0. The standard InChI is InChI=1S/C11H13N3O2/c1-6(11(15)16)12-8-3-4-9-10(5-8)14-7(2)13-9/h3-6,12H,1-2H3,(H,13,14)(H,15,16). The fraction of sp³-hybridized carbons (Fsp3) is 0.273. The van der Waals surface area contributed by atoms with Gasteiger partial charge >= 0.3 is 5.97 Å². The number of carbonyl (C=O) groups is 1. The maximum Gasteiger partial charge on any atom is 0.325 e. The number of aromatic nitrogens is 2. The number of rotatable bonds is 3. The SMILES string of the molecule is Cc1nc2ccc(NC(C)C(=O)O)cc2[nH]1. The number of nitrogens with one attached hydrogen (secondary N) is 2. The van der Waals surface area contributed by atoms with Gasteiger partial charge < -0.3 is 15.4 Å². The first kappa shape index (κ1) is 10.5. The zero-order valence-electron chi connectivity index (χ0n) is 9.11. The molecule has 1 aromatic carbocycles. The zero-order chi connectivity index (χ0) is 11.7. The Kier molecular flexibility index (Phi) is 2.52. The van der Waals surface area contributed by atoms with E-state index in [2.05, 4.69) is 15.3 Å². The molecule has 0 saturated heterocycles. The highest BCUT2D eigenvalue weighted by atomic mass is 16.4. The molecule has 1 unspecified atom stereocenters. The van der Waals surface area contributed by atoms with E-state index in [0.717, 1.165) is 22.5 Å². The summed E-state index contributed by atoms with van der Waals surface area (Å²) in [7, 11) is 0. The number of anilines is 1. The average Bonchev–Trinajstić information content (AvgIpc) is 2.57. The van der Waals surface area contributed by atoms with E-state index in [9.17, 15) is 4.79 Å². The van der Waals surface area contributed by atoms with Gasteiger partial charge in [0.1, 0.15) is 11.9 Å². The molecule has 0 aliphatic heterocycles. The number of benzene rings is 1. The number of hydrogen-bond donors (Lipinski definition) is 3. The Hall–Kier alpha value is -2.04. The normalized spacial score (nSPS) is 12.6. The lowest BCUT2D eigenvalue weighted by molar-refractivity contribution is -0.137. The van der Waals surface area contributed by atoms with Crippen LogP contribution in [-0.2, 0) is 4.79 Å². The van der Waals surface area contributed by atoms with Crippen LogP contribution in [-0.4, -0.2) is 27.1 Å². The van der Waals surface area contributed by atoms with Crippen molar-refractivity contribution in [3.05, 3.63) is 24.0 Å². The van der Waals surface area contributed by atoms with Crippen molar-refractivity contribution in [2.75, 3.05) is 5.32 Å². The van der Waals surface area contributed by atoms with Gasteiger partial charge in [-0.2, -0.15) is 0 Å². The van der Waals surface area contributed by atoms with Gasteiger partial charge in [0, 0.05) is 5.69 Å². The molecule has 2 rings (SSSR count). The van der Waals surface area contributed by atoms with Gasteiger partial charge in [0.15, 0.2) is 0 Å². The van der Waals surface area contributed by atoms with Gasteiger partial charge in [-0.25, -0.2) is 4.98 Å². The smallest absolute Gasteiger partial charge is 0.325 e. The van der Waals surface area contributed by atoms with E-state index >= 15 is 0 Å². The van der Waals surface area contributed by atoms with E-state index in [4.69, 9.17) is 5.11 Å². The number of hydrogen-bond acceptors (Lipinski definition) is 3. The average molecular weight is 219 g/mol. The van der Waals surface area contributed by atoms with Crippen LogP contribution in [0.2, 0.25) is 0 Å². The predicted octanol–water partition coefficient (Wildman–Crippen LogP) is 1.76. The third-order valence-corrected chi connectivity index (χ3v) is 2.35. The first-order valence-electron chi connectivity index (χ1n) is 5.02. The number of H-pyrrole nitrogens is 1. The van der Waals surface area contributed by atoms with E-state index in [1.807, 2.05) is 25.1 Å². The van der Waals surface area contributed by atoms with Gasteiger partial charge in [0.25, 0.3) is 0 Å². The quantitative estimate of drug-likeness (QED) is 0.735. The van der Waals surface area contributed by atoms with Crippen molar-refractivity contribution in [2.45, 2.75) is 19.9 Å². The monoisotopic (exact) mass is 219 g/mol. The van der Waals surface area contributed by atoms with Crippen LogP contribution in [0.3, 0.4) is 0 Å². The van der Waals surface area contributed by atoms with E-state index < -0.39 is 12.0 Å². The lowest BCUT2D eigenvalue weighted by Crippen LogP contribution is -2.25. The summed E-state index contributed by atoms with van der Waals surface area (Å²) in [4.78, 5) is 18.1. The second-order valence-corrected chi connectivity index (χ2v) is 3.76. The first-order valence-corrected chi connectivity index (χ1v) is 5.02. The summed E-state index contributed by atoms with van der Waals surface area (Å²) in [5.74, 6) is -0.0284. The lowest BCUT2D eigenvalue weighted by atomic mass is 10.2. The van der Waals surface area contributed by atoms with Gasteiger partial charge in [-0.3, -0.25) is 4.79 Å². The van der Waals surface area contributed by atoms with E-state index in [1.165, 1.54) is 0 Å².